The highest BCUT2D eigenvalue weighted by molar-refractivity contribution is 7.80. The summed E-state index contributed by atoms with van der Waals surface area (Å²) < 4.78 is 59.0. The Morgan fingerprint density at radius 1 is 0.644 bits per heavy atom. The quantitative estimate of drug-likeness (QED) is 0.0199. The lowest BCUT2D eigenvalue weighted by Crippen LogP contribution is -2.60. The van der Waals surface area contributed by atoms with Crippen LogP contribution in [-0.4, -0.2) is 97.5 Å². The summed E-state index contributed by atoms with van der Waals surface area (Å²) in [6, 6.07) is 0. The van der Waals surface area contributed by atoms with Gasteiger partial charge in [-0.3, -0.25) is 9.35 Å². The Labute approximate surface area is 357 Å². The van der Waals surface area contributed by atoms with Gasteiger partial charge in [0.25, 0.3) is 0 Å². The van der Waals surface area contributed by atoms with Crippen LogP contribution in [-0.2, 0) is 38.3 Å². The van der Waals surface area contributed by atoms with E-state index in [9.17, 15) is 28.5 Å². The highest BCUT2D eigenvalue weighted by Crippen LogP contribution is 2.26. The molecule has 1 aliphatic rings. The summed E-state index contributed by atoms with van der Waals surface area (Å²) in [5, 5.41) is 30.6. The van der Waals surface area contributed by atoms with Crippen molar-refractivity contribution in [1.82, 2.24) is 0 Å². The predicted molar refractivity (Wildman–Crippen MR) is 234 cm³/mol. The maximum absolute atomic E-state index is 12.8. The number of carbonyl (C=O) groups is 1. The van der Waals surface area contributed by atoms with E-state index in [0.29, 0.717) is 13.0 Å². The second kappa shape index (κ2) is 37.8. The van der Waals surface area contributed by atoms with E-state index in [2.05, 4.69) is 66.6 Å². The highest BCUT2D eigenvalue weighted by atomic mass is 32.3. The normalized spacial score (nSPS) is 20.8. The van der Waals surface area contributed by atoms with E-state index >= 15 is 0 Å². The molecule has 0 aromatic heterocycles. The number of carbonyl (C=O) groups excluding carboxylic acids is 1. The number of unbranched alkanes of at least 4 members (excludes halogenated alkanes) is 18. The molecule has 6 unspecified atom stereocenters. The lowest BCUT2D eigenvalue weighted by Gasteiger charge is -2.41. The van der Waals surface area contributed by atoms with E-state index in [-0.39, 0.29) is 19.6 Å². The molecule has 0 spiro atoms. The molecule has 1 fully saturated rings. The lowest BCUT2D eigenvalue weighted by molar-refractivity contribution is -0.301. The van der Waals surface area contributed by atoms with Crippen molar-refractivity contribution >= 4 is 16.4 Å². The van der Waals surface area contributed by atoms with Crippen LogP contribution in [0.25, 0.3) is 0 Å². The Morgan fingerprint density at radius 2 is 1.15 bits per heavy atom. The van der Waals surface area contributed by atoms with Crippen molar-refractivity contribution in [3.8, 4) is 0 Å². The first-order chi connectivity index (χ1) is 28.6. The minimum absolute atomic E-state index is 0.0251. The molecule has 0 aliphatic carbocycles. The average molecular weight is 859 g/mol. The predicted octanol–water partition coefficient (Wildman–Crippen LogP) is 9.58. The van der Waals surface area contributed by atoms with Crippen molar-refractivity contribution in [2.75, 3.05) is 26.4 Å². The van der Waals surface area contributed by atoms with Crippen LogP contribution in [0, 0.1) is 0 Å². The summed E-state index contributed by atoms with van der Waals surface area (Å²) in [5.41, 5.74) is 0. The number of allylic oxidation sites excluding steroid dienone is 8. The van der Waals surface area contributed by atoms with Crippen LogP contribution in [0.15, 0.2) is 48.6 Å². The molecule has 0 saturated carbocycles. The molecule has 0 amide bonds. The molecule has 1 saturated heterocycles. The average Bonchev–Trinajstić information content (AvgIpc) is 3.20. The fourth-order valence-corrected chi connectivity index (χ4v) is 7.19. The molecule has 0 aromatic carbocycles. The van der Waals surface area contributed by atoms with E-state index < -0.39 is 59.8 Å². The van der Waals surface area contributed by atoms with Crippen LogP contribution >= 0.6 is 0 Å². The molecule has 0 aromatic rings. The Hall–Kier alpha value is -1.94. The third-order valence-electron chi connectivity index (χ3n) is 10.2. The van der Waals surface area contributed by atoms with Crippen molar-refractivity contribution in [2.24, 2.45) is 0 Å². The lowest BCUT2D eigenvalue weighted by atomic mass is 9.99. The first-order valence-corrected chi connectivity index (χ1v) is 24.3. The molecule has 1 heterocycles. The van der Waals surface area contributed by atoms with Crippen LogP contribution in [0.4, 0.5) is 0 Å². The Kier molecular flexibility index (Phi) is 35.3. The molecule has 13 heteroatoms. The molecular weight excluding hydrogens is 777 g/mol. The van der Waals surface area contributed by atoms with Gasteiger partial charge in [0.15, 0.2) is 6.29 Å². The second-order valence-corrected chi connectivity index (χ2v) is 16.7. The fraction of sp³-hybridized carbons (Fsp3) is 0.804. The molecule has 59 heavy (non-hydrogen) atoms. The molecule has 6 atom stereocenters. The number of rotatable bonds is 39. The van der Waals surface area contributed by atoms with Gasteiger partial charge in [-0.15, -0.1) is 0 Å². The van der Waals surface area contributed by atoms with Gasteiger partial charge in [0.1, 0.15) is 30.5 Å². The van der Waals surface area contributed by atoms with Crippen LogP contribution in [0.5, 0.6) is 0 Å². The SMILES string of the molecule is CCC/C=C\C/C=C\CCCCCCCC(=O)OC(COCCCCCCCCCC/C=C\C/C=C\CCCCCC)COC1OC(CO)C(O)C(OS(=O)(=O)O)C1O. The number of hydrogen-bond donors (Lipinski definition) is 4. The third kappa shape index (κ3) is 31.6. The van der Waals surface area contributed by atoms with Crippen molar-refractivity contribution in [3.05, 3.63) is 48.6 Å². The molecule has 4 N–H and O–H groups in total. The number of esters is 1. The summed E-state index contributed by atoms with van der Waals surface area (Å²) in [5.74, 6) is -0.417. The standard InChI is InChI=1S/C46H82O12S/c1-3-5-7-9-11-13-15-17-18-19-20-21-22-24-26-28-30-32-34-36-54-38-40(39-55-46-44(50)45(58-59(51,52)53)43(49)41(37-47)57-46)56-42(48)35-33-31-29-27-25-23-16-14-12-10-8-6-4-2/h8,10,13-16,18-19,40-41,43-47,49-50H,3-7,9,11-12,17,20-39H2,1-2H3,(H,51,52,53)/b10-8-,15-13-,16-14-,19-18-. The van der Waals surface area contributed by atoms with Crippen LogP contribution < -0.4 is 0 Å². The maximum atomic E-state index is 12.8. The maximum Gasteiger partial charge on any atom is 0.397 e. The third-order valence-corrected chi connectivity index (χ3v) is 10.6. The largest absolute Gasteiger partial charge is 0.457 e. The van der Waals surface area contributed by atoms with Crippen molar-refractivity contribution in [3.63, 3.8) is 0 Å². The summed E-state index contributed by atoms with van der Waals surface area (Å²) in [6.07, 6.45) is 35.7. The first-order valence-electron chi connectivity index (χ1n) is 22.9. The fourth-order valence-electron chi connectivity index (χ4n) is 6.68. The number of aliphatic hydroxyl groups is 3. The number of ether oxygens (including phenoxy) is 4. The molecule has 12 nitrogen and oxygen atoms in total. The van der Waals surface area contributed by atoms with Crippen molar-refractivity contribution < 1.29 is 56.2 Å². The zero-order valence-electron chi connectivity index (χ0n) is 36.6. The van der Waals surface area contributed by atoms with Crippen LogP contribution in [0.2, 0.25) is 0 Å². The summed E-state index contributed by atoms with van der Waals surface area (Å²) in [6.45, 7) is 3.87. The van der Waals surface area contributed by atoms with E-state index in [1.54, 1.807) is 0 Å². The molecule has 0 radical (unpaired) electrons. The van der Waals surface area contributed by atoms with E-state index in [1.165, 1.54) is 70.6 Å². The highest BCUT2D eigenvalue weighted by Gasteiger charge is 2.48. The van der Waals surface area contributed by atoms with Crippen LogP contribution in [0.3, 0.4) is 0 Å². The van der Waals surface area contributed by atoms with Gasteiger partial charge >= 0.3 is 16.4 Å². The van der Waals surface area contributed by atoms with Gasteiger partial charge in [-0.1, -0.05) is 146 Å². The van der Waals surface area contributed by atoms with E-state index in [4.69, 9.17) is 23.5 Å². The Bertz CT molecular complexity index is 1220. The van der Waals surface area contributed by atoms with Gasteiger partial charge in [0.05, 0.1) is 19.8 Å². The first kappa shape index (κ1) is 55.1. The zero-order valence-corrected chi connectivity index (χ0v) is 37.4. The van der Waals surface area contributed by atoms with E-state index in [0.717, 1.165) is 77.0 Å². The summed E-state index contributed by atoms with van der Waals surface area (Å²) in [7, 11) is -5.06. The second-order valence-electron chi connectivity index (χ2n) is 15.6. The van der Waals surface area contributed by atoms with Gasteiger partial charge in [-0.05, 0) is 70.6 Å². The van der Waals surface area contributed by atoms with Gasteiger partial charge in [0.2, 0.25) is 0 Å². The van der Waals surface area contributed by atoms with Crippen molar-refractivity contribution in [2.45, 2.75) is 211 Å². The molecule has 1 aliphatic heterocycles. The molecule has 0 bridgehead atoms. The Balaban J connectivity index is 2.42. The minimum Gasteiger partial charge on any atom is -0.457 e. The topological polar surface area (TPSA) is 178 Å². The molecule has 1 rings (SSSR count). The van der Waals surface area contributed by atoms with Crippen molar-refractivity contribution in [1.29, 1.82) is 0 Å². The molecular formula is C46H82O12S. The van der Waals surface area contributed by atoms with Gasteiger partial charge in [-0.25, -0.2) is 4.18 Å². The summed E-state index contributed by atoms with van der Waals surface area (Å²) >= 11 is 0. The minimum atomic E-state index is -5.06. The van der Waals surface area contributed by atoms with Gasteiger partial charge in [-0.2, -0.15) is 8.42 Å². The zero-order chi connectivity index (χ0) is 43.2. The summed E-state index contributed by atoms with van der Waals surface area (Å²) in [4.78, 5) is 12.8. The van der Waals surface area contributed by atoms with Crippen LogP contribution in [0.1, 0.15) is 174 Å². The van der Waals surface area contributed by atoms with Gasteiger partial charge in [0, 0.05) is 13.0 Å². The monoisotopic (exact) mass is 859 g/mol. The number of aliphatic hydroxyl groups excluding tert-OH is 3. The molecule has 344 valence electrons. The van der Waals surface area contributed by atoms with Gasteiger partial charge < -0.3 is 34.3 Å². The number of hydrogen-bond acceptors (Lipinski definition) is 11. The van der Waals surface area contributed by atoms with E-state index in [1.807, 2.05) is 0 Å². The Morgan fingerprint density at radius 3 is 1.68 bits per heavy atom. The smallest absolute Gasteiger partial charge is 0.397 e.